The molecule has 1 aliphatic heterocycles. The van der Waals surface area contributed by atoms with Crippen LogP contribution in [0.1, 0.15) is 12.8 Å². The number of fused-ring (bicyclic) bond motifs is 1. The molecule has 1 saturated heterocycles. The molecule has 1 aromatic heterocycles. The van der Waals surface area contributed by atoms with Crippen LogP contribution in [0.25, 0.3) is 11.0 Å². The van der Waals surface area contributed by atoms with Crippen molar-refractivity contribution in [1.29, 1.82) is 0 Å². The van der Waals surface area contributed by atoms with E-state index in [1.165, 1.54) is 0 Å². The van der Waals surface area contributed by atoms with E-state index in [0.717, 1.165) is 42.7 Å². The number of nitrogens with zero attached hydrogens (tertiary/aromatic N) is 3. The van der Waals surface area contributed by atoms with Crippen molar-refractivity contribution in [2.75, 3.05) is 25.5 Å². The van der Waals surface area contributed by atoms with Gasteiger partial charge in [0.1, 0.15) is 0 Å². The molecule has 1 aromatic carbocycles. The normalized spacial score (nSPS) is 17.0. The lowest BCUT2D eigenvalue weighted by atomic mass is 9.96. The van der Waals surface area contributed by atoms with Crippen LogP contribution in [0.15, 0.2) is 23.0 Å². The van der Waals surface area contributed by atoms with Crippen molar-refractivity contribution in [3.8, 4) is 0 Å². The van der Waals surface area contributed by atoms with Gasteiger partial charge < -0.3 is 10.2 Å². The second kappa shape index (κ2) is 5.61. The number of aryl methyl sites for hydroxylation is 2. The zero-order valence-electron chi connectivity index (χ0n) is 13.3. The molecule has 1 N–H and O–H groups in total. The molecule has 0 spiro atoms. The molecule has 0 saturated carbocycles. The Morgan fingerprint density at radius 1 is 1.09 bits per heavy atom. The van der Waals surface area contributed by atoms with E-state index in [0.29, 0.717) is 0 Å². The van der Waals surface area contributed by atoms with Gasteiger partial charge in [0, 0.05) is 25.7 Å². The molecule has 0 atom stereocenters. The number of likely N-dealkylation sites (tertiary alicyclic amines) is 1. The van der Waals surface area contributed by atoms with E-state index in [4.69, 9.17) is 0 Å². The summed E-state index contributed by atoms with van der Waals surface area (Å²) in [6, 6.07) is 5.60. The first-order valence-corrected chi connectivity index (χ1v) is 7.62. The van der Waals surface area contributed by atoms with E-state index in [9.17, 15) is 9.59 Å². The summed E-state index contributed by atoms with van der Waals surface area (Å²) in [6.45, 7) is 1.93. The number of aromatic nitrogens is 2. The molecule has 22 heavy (non-hydrogen) atoms. The Morgan fingerprint density at radius 2 is 1.73 bits per heavy atom. The van der Waals surface area contributed by atoms with E-state index < -0.39 is 0 Å². The third-order valence-electron chi connectivity index (χ3n) is 4.63. The summed E-state index contributed by atoms with van der Waals surface area (Å²) in [4.78, 5) is 26.5. The van der Waals surface area contributed by atoms with Crippen LogP contribution in [0.2, 0.25) is 0 Å². The van der Waals surface area contributed by atoms with Gasteiger partial charge in [-0.1, -0.05) is 0 Å². The molecular weight excluding hydrogens is 280 g/mol. The summed E-state index contributed by atoms with van der Waals surface area (Å²) < 4.78 is 3.21. The number of piperidine rings is 1. The van der Waals surface area contributed by atoms with Gasteiger partial charge in [-0.2, -0.15) is 0 Å². The Labute approximate surface area is 129 Å². The highest BCUT2D eigenvalue weighted by Crippen LogP contribution is 2.21. The number of imidazole rings is 1. The quantitative estimate of drug-likeness (QED) is 0.905. The Hall–Kier alpha value is -2.08. The molecule has 0 unspecified atom stereocenters. The van der Waals surface area contributed by atoms with Crippen LogP contribution in [-0.4, -0.2) is 40.1 Å². The number of rotatable bonds is 2. The van der Waals surface area contributed by atoms with E-state index in [1.54, 1.807) is 23.2 Å². The molecule has 0 aliphatic carbocycles. The maximum atomic E-state index is 12.4. The number of hydrogen-bond donors (Lipinski definition) is 1. The predicted molar refractivity (Wildman–Crippen MR) is 87.0 cm³/mol. The van der Waals surface area contributed by atoms with Gasteiger partial charge in [0.15, 0.2) is 0 Å². The highest BCUT2D eigenvalue weighted by Gasteiger charge is 2.23. The SMILES string of the molecule is CN1CCC(C(=O)Nc2ccc3c(c2)n(C)c(=O)n3C)CC1. The monoisotopic (exact) mass is 302 g/mol. The summed E-state index contributed by atoms with van der Waals surface area (Å²) in [5.74, 6) is 0.153. The first kappa shape index (κ1) is 14.8. The molecule has 2 heterocycles. The summed E-state index contributed by atoms with van der Waals surface area (Å²) in [5.41, 5.74) is 2.38. The predicted octanol–water partition coefficient (Wildman–Crippen LogP) is 1.16. The molecule has 1 aliphatic rings. The number of nitrogens with one attached hydrogen (secondary N) is 1. The Bertz CT molecular complexity index is 766. The van der Waals surface area contributed by atoms with Crippen molar-refractivity contribution in [2.24, 2.45) is 20.0 Å². The minimum absolute atomic E-state index is 0.0613. The molecule has 6 nitrogen and oxygen atoms in total. The van der Waals surface area contributed by atoms with Crippen LogP contribution < -0.4 is 11.0 Å². The number of anilines is 1. The molecular formula is C16H22N4O2. The summed E-state index contributed by atoms with van der Waals surface area (Å²) >= 11 is 0. The van der Waals surface area contributed by atoms with E-state index in [-0.39, 0.29) is 17.5 Å². The third-order valence-corrected chi connectivity index (χ3v) is 4.63. The van der Waals surface area contributed by atoms with Gasteiger partial charge in [0.2, 0.25) is 5.91 Å². The number of carbonyl (C=O) groups is 1. The largest absolute Gasteiger partial charge is 0.328 e. The van der Waals surface area contributed by atoms with Crippen LogP contribution >= 0.6 is 0 Å². The van der Waals surface area contributed by atoms with E-state index in [2.05, 4.69) is 17.3 Å². The molecule has 0 radical (unpaired) electrons. The zero-order valence-corrected chi connectivity index (χ0v) is 13.3. The second-order valence-electron chi connectivity index (χ2n) is 6.17. The first-order chi connectivity index (χ1) is 10.5. The second-order valence-corrected chi connectivity index (χ2v) is 6.17. The average molecular weight is 302 g/mol. The van der Waals surface area contributed by atoms with Crippen molar-refractivity contribution in [1.82, 2.24) is 14.0 Å². The first-order valence-electron chi connectivity index (χ1n) is 7.62. The van der Waals surface area contributed by atoms with Crippen LogP contribution in [0.4, 0.5) is 5.69 Å². The van der Waals surface area contributed by atoms with Gasteiger partial charge in [-0.3, -0.25) is 13.9 Å². The molecule has 3 rings (SSSR count). The van der Waals surface area contributed by atoms with Crippen LogP contribution in [0.5, 0.6) is 0 Å². The number of benzene rings is 1. The smallest absolute Gasteiger partial charge is 0.326 e. The minimum Gasteiger partial charge on any atom is -0.326 e. The number of hydrogen-bond acceptors (Lipinski definition) is 3. The highest BCUT2D eigenvalue weighted by atomic mass is 16.2. The fourth-order valence-electron chi connectivity index (χ4n) is 3.10. The topological polar surface area (TPSA) is 59.3 Å². The van der Waals surface area contributed by atoms with Crippen molar-refractivity contribution in [3.63, 3.8) is 0 Å². The van der Waals surface area contributed by atoms with Gasteiger partial charge >= 0.3 is 5.69 Å². The van der Waals surface area contributed by atoms with Gasteiger partial charge in [0.05, 0.1) is 11.0 Å². The van der Waals surface area contributed by atoms with Crippen molar-refractivity contribution in [3.05, 3.63) is 28.7 Å². The number of amides is 1. The maximum Gasteiger partial charge on any atom is 0.328 e. The van der Waals surface area contributed by atoms with E-state index in [1.807, 2.05) is 18.2 Å². The molecule has 6 heteroatoms. The standard InChI is InChI=1S/C16H22N4O2/c1-18-8-6-11(7-9-18)15(21)17-12-4-5-13-14(10-12)20(3)16(22)19(13)2/h4-5,10-11H,6-9H2,1-3H3,(H,17,21). The fraction of sp³-hybridized carbons (Fsp3) is 0.500. The van der Waals surface area contributed by atoms with Crippen molar-refractivity contribution >= 4 is 22.6 Å². The van der Waals surface area contributed by atoms with Crippen LogP contribution in [0, 0.1) is 5.92 Å². The van der Waals surface area contributed by atoms with Crippen LogP contribution in [0.3, 0.4) is 0 Å². The molecule has 0 bridgehead atoms. The highest BCUT2D eigenvalue weighted by molar-refractivity contribution is 5.94. The maximum absolute atomic E-state index is 12.4. The summed E-state index contributed by atoms with van der Waals surface area (Å²) in [6.07, 6.45) is 1.79. The minimum atomic E-state index is -0.0613. The molecule has 118 valence electrons. The van der Waals surface area contributed by atoms with E-state index >= 15 is 0 Å². The average Bonchev–Trinajstić information content (AvgIpc) is 2.72. The van der Waals surface area contributed by atoms with Gasteiger partial charge in [-0.05, 0) is 51.2 Å². The Balaban J connectivity index is 1.81. The van der Waals surface area contributed by atoms with Crippen molar-refractivity contribution in [2.45, 2.75) is 12.8 Å². The fourth-order valence-corrected chi connectivity index (χ4v) is 3.10. The third kappa shape index (κ3) is 2.54. The van der Waals surface area contributed by atoms with Crippen LogP contribution in [-0.2, 0) is 18.9 Å². The lowest BCUT2D eigenvalue weighted by Crippen LogP contribution is -2.35. The molecule has 1 fully saturated rings. The zero-order chi connectivity index (χ0) is 15.9. The number of carbonyl (C=O) groups excluding carboxylic acids is 1. The Kier molecular flexibility index (Phi) is 3.78. The molecule has 2 aromatic rings. The summed E-state index contributed by atoms with van der Waals surface area (Å²) in [7, 11) is 5.58. The molecule has 1 amide bonds. The van der Waals surface area contributed by atoms with Gasteiger partial charge in [-0.15, -0.1) is 0 Å². The lowest BCUT2D eigenvalue weighted by molar-refractivity contribution is -0.121. The van der Waals surface area contributed by atoms with Gasteiger partial charge in [-0.25, -0.2) is 4.79 Å². The lowest BCUT2D eigenvalue weighted by Gasteiger charge is -2.28. The Morgan fingerprint density at radius 3 is 2.41 bits per heavy atom. The van der Waals surface area contributed by atoms with Crippen molar-refractivity contribution < 1.29 is 4.79 Å². The summed E-state index contributed by atoms with van der Waals surface area (Å²) in [5, 5.41) is 2.99. The van der Waals surface area contributed by atoms with Gasteiger partial charge in [0.25, 0.3) is 0 Å².